The lowest BCUT2D eigenvalue weighted by Gasteiger charge is -2.07. The lowest BCUT2D eigenvalue weighted by atomic mass is 10.1. The molecule has 0 saturated carbocycles. The number of esters is 1. The van der Waals surface area contributed by atoms with E-state index in [9.17, 15) is 14.4 Å². The van der Waals surface area contributed by atoms with E-state index in [1.165, 1.54) is 41.5 Å². The van der Waals surface area contributed by atoms with Crippen molar-refractivity contribution in [2.45, 2.75) is 39.7 Å². The molecular formula is C25H29N3O5S3. The number of aromatic nitrogens is 1. The number of aryl methyl sites for hydroxylation is 2. The van der Waals surface area contributed by atoms with Gasteiger partial charge in [-0.05, 0) is 56.4 Å². The molecule has 2 aromatic heterocycles. The zero-order valence-corrected chi connectivity index (χ0v) is 23.0. The predicted molar refractivity (Wildman–Crippen MR) is 145 cm³/mol. The van der Waals surface area contributed by atoms with Crippen LogP contribution >= 0.6 is 34.4 Å². The summed E-state index contributed by atoms with van der Waals surface area (Å²) in [6.45, 7) is 5.74. The molecule has 192 valence electrons. The predicted octanol–water partition coefficient (Wildman–Crippen LogP) is 4.18. The van der Waals surface area contributed by atoms with Crippen LogP contribution in [0, 0.1) is 6.92 Å². The number of rotatable bonds is 10. The fraction of sp³-hybridized carbons (Fsp3) is 0.440. The molecule has 4 rings (SSSR count). The molecule has 8 nitrogen and oxygen atoms in total. The number of thiazole rings is 1. The molecule has 0 saturated heterocycles. The van der Waals surface area contributed by atoms with Gasteiger partial charge in [0.05, 0.1) is 41.0 Å². The van der Waals surface area contributed by atoms with Gasteiger partial charge in [-0.15, -0.1) is 23.1 Å². The number of nitrogens with zero attached hydrogens (tertiary/aromatic N) is 2. The van der Waals surface area contributed by atoms with Crippen molar-refractivity contribution in [3.05, 3.63) is 44.6 Å². The number of fused-ring (bicyclic) bond motifs is 2. The Balaban J connectivity index is 1.40. The van der Waals surface area contributed by atoms with Crippen molar-refractivity contribution in [1.29, 1.82) is 0 Å². The van der Waals surface area contributed by atoms with Crippen LogP contribution in [0.2, 0.25) is 0 Å². The molecule has 3 aromatic rings. The third kappa shape index (κ3) is 6.08. The first-order chi connectivity index (χ1) is 17.4. The van der Waals surface area contributed by atoms with E-state index in [-0.39, 0.29) is 23.3 Å². The van der Waals surface area contributed by atoms with Crippen LogP contribution in [0.5, 0.6) is 0 Å². The van der Waals surface area contributed by atoms with Gasteiger partial charge in [0, 0.05) is 18.0 Å². The second kappa shape index (κ2) is 12.2. The van der Waals surface area contributed by atoms with E-state index >= 15 is 0 Å². The highest BCUT2D eigenvalue weighted by atomic mass is 32.2. The molecule has 2 heterocycles. The van der Waals surface area contributed by atoms with Crippen LogP contribution in [0.3, 0.4) is 0 Å². The summed E-state index contributed by atoms with van der Waals surface area (Å²) in [4.78, 5) is 43.6. The van der Waals surface area contributed by atoms with Crippen LogP contribution in [0.25, 0.3) is 10.2 Å². The fourth-order valence-electron chi connectivity index (χ4n) is 4.13. The molecule has 1 aromatic carbocycles. The minimum absolute atomic E-state index is 0.0803. The van der Waals surface area contributed by atoms with E-state index in [2.05, 4.69) is 16.4 Å². The zero-order chi connectivity index (χ0) is 25.7. The molecule has 0 spiro atoms. The molecule has 36 heavy (non-hydrogen) atoms. The third-order valence-electron chi connectivity index (χ3n) is 5.74. The first kappa shape index (κ1) is 26.6. The summed E-state index contributed by atoms with van der Waals surface area (Å²) in [7, 11) is 1.34. The number of thioether (sulfide) groups is 1. The number of anilines is 1. The molecule has 11 heteroatoms. The number of benzene rings is 1. The molecule has 1 aliphatic carbocycles. The standard InChI is InChI=1S/C25H29N3O5S3/c1-4-33-11-10-28-17-9-8-15(2)12-19(17)36-25(28)27-21(30)14-34-13-20(29)26-23-22(24(31)32-3)16-6-5-7-18(16)35-23/h8-9,12H,4-7,10-11,13-14H2,1-3H3,(H,26,29). The number of methoxy groups -OCH3 is 1. The van der Waals surface area contributed by atoms with E-state index in [4.69, 9.17) is 9.47 Å². The van der Waals surface area contributed by atoms with Crippen molar-refractivity contribution in [2.24, 2.45) is 4.99 Å². The van der Waals surface area contributed by atoms with Gasteiger partial charge in [0.25, 0.3) is 5.91 Å². The summed E-state index contributed by atoms with van der Waals surface area (Å²) in [5.41, 5.74) is 3.62. The number of nitrogens with one attached hydrogen (secondary N) is 1. The molecule has 2 amide bonds. The number of thiophene rings is 1. The van der Waals surface area contributed by atoms with Gasteiger partial charge in [0.1, 0.15) is 5.00 Å². The van der Waals surface area contributed by atoms with Crippen LogP contribution < -0.4 is 10.1 Å². The number of ether oxygens (including phenoxy) is 2. The van der Waals surface area contributed by atoms with Crippen molar-refractivity contribution in [3.8, 4) is 0 Å². The van der Waals surface area contributed by atoms with E-state index in [1.54, 1.807) is 0 Å². The minimum Gasteiger partial charge on any atom is -0.465 e. The van der Waals surface area contributed by atoms with Crippen LogP contribution in [0.1, 0.15) is 39.7 Å². The van der Waals surface area contributed by atoms with Gasteiger partial charge in [-0.25, -0.2) is 4.79 Å². The zero-order valence-electron chi connectivity index (χ0n) is 20.5. The number of hydrogen-bond donors (Lipinski definition) is 1. The SMILES string of the molecule is CCOCCn1c(=NC(=O)CSCC(=O)Nc2sc3c(c2C(=O)OC)CCC3)sc2cc(C)ccc21. The Morgan fingerprint density at radius 2 is 2.03 bits per heavy atom. The Hall–Kier alpha value is -2.47. The average molecular weight is 548 g/mol. The van der Waals surface area contributed by atoms with Gasteiger partial charge in [-0.3, -0.25) is 9.59 Å². The minimum atomic E-state index is -0.428. The number of carbonyl (C=O) groups excluding carboxylic acids is 3. The third-order valence-corrected chi connectivity index (χ3v) is 8.91. The maximum absolute atomic E-state index is 12.6. The highest BCUT2D eigenvalue weighted by Crippen LogP contribution is 2.39. The van der Waals surface area contributed by atoms with E-state index in [1.807, 2.05) is 30.5 Å². The van der Waals surface area contributed by atoms with Gasteiger partial charge in [0.15, 0.2) is 4.80 Å². The molecular weight excluding hydrogens is 518 g/mol. The Bertz CT molecular complexity index is 1350. The molecule has 0 bridgehead atoms. The number of amides is 2. The van der Waals surface area contributed by atoms with Crippen molar-refractivity contribution in [3.63, 3.8) is 0 Å². The Morgan fingerprint density at radius 3 is 2.81 bits per heavy atom. The van der Waals surface area contributed by atoms with Gasteiger partial charge in [-0.2, -0.15) is 4.99 Å². The quantitative estimate of drug-likeness (QED) is 0.302. The van der Waals surface area contributed by atoms with Gasteiger partial charge in [-0.1, -0.05) is 17.4 Å². The first-order valence-electron chi connectivity index (χ1n) is 11.8. The van der Waals surface area contributed by atoms with E-state index in [0.717, 1.165) is 45.5 Å². The largest absolute Gasteiger partial charge is 0.465 e. The second-order valence-corrected chi connectivity index (χ2v) is 11.4. The summed E-state index contributed by atoms with van der Waals surface area (Å²) >= 11 is 4.11. The molecule has 0 radical (unpaired) electrons. The van der Waals surface area contributed by atoms with Crippen LogP contribution in [-0.4, -0.2) is 54.2 Å². The molecule has 1 N–H and O–H groups in total. The summed E-state index contributed by atoms with van der Waals surface area (Å²) in [6, 6.07) is 6.17. The number of hydrogen-bond acceptors (Lipinski definition) is 8. The molecule has 0 aliphatic heterocycles. The summed E-state index contributed by atoms with van der Waals surface area (Å²) < 4.78 is 13.5. The summed E-state index contributed by atoms with van der Waals surface area (Å²) in [5, 5.41) is 3.37. The van der Waals surface area contributed by atoms with Crippen LogP contribution in [0.4, 0.5) is 5.00 Å². The molecule has 0 fully saturated rings. The highest BCUT2D eigenvalue weighted by molar-refractivity contribution is 8.00. The molecule has 0 unspecified atom stereocenters. The van der Waals surface area contributed by atoms with Crippen molar-refractivity contribution in [2.75, 3.05) is 37.1 Å². The van der Waals surface area contributed by atoms with Gasteiger partial charge >= 0.3 is 5.97 Å². The Morgan fingerprint density at radius 1 is 1.19 bits per heavy atom. The summed E-state index contributed by atoms with van der Waals surface area (Å²) in [6.07, 6.45) is 2.73. The maximum Gasteiger partial charge on any atom is 0.341 e. The number of carbonyl (C=O) groups is 3. The smallest absolute Gasteiger partial charge is 0.341 e. The second-order valence-electron chi connectivity index (χ2n) is 8.30. The average Bonchev–Trinajstić information content (AvgIpc) is 3.51. The van der Waals surface area contributed by atoms with Crippen molar-refractivity contribution < 1.29 is 23.9 Å². The highest BCUT2D eigenvalue weighted by Gasteiger charge is 2.28. The van der Waals surface area contributed by atoms with Crippen molar-refractivity contribution >= 4 is 67.4 Å². The molecule has 0 atom stereocenters. The Labute approximate surface area is 221 Å². The topological polar surface area (TPSA) is 99.0 Å². The normalized spacial score (nSPS) is 13.2. The van der Waals surface area contributed by atoms with Crippen molar-refractivity contribution in [1.82, 2.24) is 4.57 Å². The van der Waals surface area contributed by atoms with Crippen LogP contribution in [0.15, 0.2) is 23.2 Å². The lowest BCUT2D eigenvalue weighted by Crippen LogP contribution is -2.20. The van der Waals surface area contributed by atoms with E-state index < -0.39 is 5.97 Å². The van der Waals surface area contributed by atoms with E-state index in [0.29, 0.717) is 35.1 Å². The first-order valence-corrected chi connectivity index (χ1v) is 14.6. The fourth-order valence-corrected chi connectivity index (χ4v) is 7.19. The molecule has 1 aliphatic rings. The monoisotopic (exact) mass is 547 g/mol. The van der Waals surface area contributed by atoms with Crippen LogP contribution in [-0.2, 0) is 38.4 Å². The Kier molecular flexibility index (Phi) is 9.00. The van der Waals surface area contributed by atoms with Gasteiger partial charge < -0.3 is 19.4 Å². The maximum atomic E-state index is 12.6. The lowest BCUT2D eigenvalue weighted by molar-refractivity contribution is -0.115. The van der Waals surface area contributed by atoms with Gasteiger partial charge in [0.2, 0.25) is 5.91 Å². The summed E-state index contributed by atoms with van der Waals surface area (Å²) in [5.74, 6) is -0.826.